The first-order valence-electron chi connectivity index (χ1n) is 10.6. The van der Waals surface area contributed by atoms with Gasteiger partial charge in [0, 0.05) is 29.2 Å². The summed E-state index contributed by atoms with van der Waals surface area (Å²) in [5.41, 5.74) is 5.64. The van der Waals surface area contributed by atoms with Crippen LogP contribution in [0.4, 0.5) is 0 Å². The van der Waals surface area contributed by atoms with E-state index in [1.165, 1.54) is 5.56 Å². The predicted molar refractivity (Wildman–Crippen MR) is 125 cm³/mol. The quantitative estimate of drug-likeness (QED) is 0.480. The number of benzene rings is 2. The van der Waals surface area contributed by atoms with Crippen molar-refractivity contribution in [3.63, 3.8) is 0 Å². The van der Waals surface area contributed by atoms with Crippen molar-refractivity contribution < 1.29 is 14.6 Å². The van der Waals surface area contributed by atoms with E-state index < -0.39 is 5.97 Å². The van der Waals surface area contributed by atoms with Crippen molar-refractivity contribution in [2.45, 2.75) is 39.0 Å². The second kappa shape index (κ2) is 8.87. The first-order valence-corrected chi connectivity index (χ1v) is 11.4. The smallest absolute Gasteiger partial charge is 0.306 e. The lowest BCUT2D eigenvalue weighted by Gasteiger charge is -2.16. The Morgan fingerprint density at radius 1 is 1.29 bits per heavy atom. The van der Waals surface area contributed by atoms with Gasteiger partial charge in [-0.25, -0.2) is 4.98 Å². The molecule has 5 nitrogen and oxygen atoms in total. The number of rotatable bonds is 7. The molecule has 0 spiro atoms. The molecule has 3 aromatic rings. The fourth-order valence-corrected chi connectivity index (χ4v) is 4.81. The molecule has 0 radical (unpaired) electrons. The number of imidazole rings is 1. The second-order valence-corrected chi connectivity index (χ2v) is 9.18. The molecule has 0 aliphatic heterocycles. The Hall–Kier alpha value is -2.60. The van der Waals surface area contributed by atoms with Crippen LogP contribution in [0.2, 0.25) is 0 Å². The van der Waals surface area contributed by atoms with Crippen LogP contribution in [0.15, 0.2) is 46.9 Å². The van der Waals surface area contributed by atoms with Gasteiger partial charge in [0.25, 0.3) is 0 Å². The molecule has 0 saturated carbocycles. The summed E-state index contributed by atoms with van der Waals surface area (Å²) in [4.78, 5) is 16.1. The van der Waals surface area contributed by atoms with Crippen LogP contribution in [0, 0.1) is 12.8 Å². The Balaban J connectivity index is 1.42. The minimum absolute atomic E-state index is 0.0932. The maximum Gasteiger partial charge on any atom is 0.306 e. The molecule has 1 N–H and O–H groups in total. The third-order valence-electron chi connectivity index (χ3n) is 6.36. The van der Waals surface area contributed by atoms with Crippen LogP contribution in [0.3, 0.4) is 0 Å². The summed E-state index contributed by atoms with van der Waals surface area (Å²) in [5, 5.41) is 9.34. The number of carboxylic acid groups (broad SMARTS) is 1. The fourth-order valence-electron chi connectivity index (χ4n) is 4.55. The highest BCUT2D eigenvalue weighted by Gasteiger charge is 2.31. The normalized spacial score (nSPS) is 16.2. The molecule has 0 bridgehead atoms. The SMILES string of the molecule is Cc1nc(-c2ccc(Br)cc2)n(C)c1CCOc1ccc2c(c1)CC[C@H]2C(C)C(=O)O. The summed E-state index contributed by atoms with van der Waals surface area (Å²) < 4.78 is 9.25. The Morgan fingerprint density at radius 3 is 2.74 bits per heavy atom. The lowest BCUT2D eigenvalue weighted by Crippen LogP contribution is -2.17. The van der Waals surface area contributed by atoms with Crippen LogP contribution >= 0.6 is 15.9 Å². The van der Waals surface area contributed by atoms with E-state index in [0.29, 0.717) is 6.61 Å². The third-order valence-corrected chi connectivity index (χ3v) is 6.88. The molecule has 6 heteroatoms. The van der Waals surface area contributed by atoms with E-state index in [-0.39, 0.29) is 11.8 Å². The van der Waals surface area contributed by atoms with Crippen LogP contribution in [-0.4, -0.2) is 27.2 Å². The van der Waals surface area contributed by atoms with Gasteiger partial charge in [0.2, 0.25) is 0 Å². The van der Waals surface area contributed by atoms with Crippen molar-refractivity contribution in [2.75, 3.05) is 6.61 Å². The number of halogens is 1. The molecule has 1 unspecified atom stereocenters. The maximum atomic E-state index is 11.4. The molecule has 1 aromatic heterocycles. The molecule has 4 rings (SSSR count). The van der Waals surface area contributed by atoms with Crippen LogP contribution in [-0.2, 0) is 24.7 Å². The standard InChI is InChI=1S/C25H27BrN2O3/c1-15(25(29)30)21-10-6-18-14-20(9-11-22(18)21)31-13-12-23-16(2)27-24(28(23)3)17-4-7-19(26)8-5-17/h4-5,7-9,11,14-15,21H,6,10,12-13H2,1-3H3,(H,29,30)/t15?,21-/m0/s1. The van der Waals surface area contributed by atoms with E-state index in [0.717, 1.165) is 57.8 Å². The molecule has 0 fully saturated rings. The summed E-state index contributed by atoms with van der Waals surface area (Å²) in [6, 6.07) is 14.3. The van der Waals surface area contributed by atoms with Gasteiger partial charge < -0.3 is 14.4 Å². The van der Waals surface area contributed by atoms with Crippen molar-refractivity contribution in [3.05, 3.63) is 69.5 Å². The minimum atomic E-state index is -0.729. The van der Waals surface area contributed by atoms with E-state index in [1.54, 1.807) is 6.92 Å². The van der Waals surface area contributed by atoms with Crippen LogP contribution in [0.5, 0.6) is 5.75 Å². The first kappa shape index (κ1) is 21.6. The second-order valence-electron chi connectivity index (χ2n) is 8.26. The number of carbonyl (C=O) groups is 1. The van der Waals surface area contributed by atoms with Gasteiger partial charge in [-0.05, 0) is 61.1 Å². The Morgan fingerprint density at radius 2 is 2.03 bits per heavy atom. The van der Waals surface area contributed by atoms with E-state index >= 15 is 0 Å². The van der Waals surface area contributed by atoms with Gasteiger partial charge in [-0.3, -0.25) is 4.79 Å². The average molecular weight is 483 g/mol. The summed E-state index contributed by atoms with van der Waals surface area (Å²) in [6.07, 6.45) is 2.56. The van der Waals surface area contributed by atoms with E-state index in [9.17, 15) is 9.90 Å². The summed E-state index contributed by atoms with van der Waals surface area (Å²) >= 11 is 3.48. The number of hydrogen-bond donors (Lipinski definition) is 1. The molecular weight excluding hydrogens is 456 g/mol. The Bertz CT molecular complexity index is 1100. The van der Waals surface area contributed by atoms with Crippen LogP contribution < -0.4 is 4.74 Å². The number of fused-ring (bicyclic) bond motifs is 1. The highest BCUT2D eigenvalue weighted by atomic mass is 79.9. The fraction of sp³-hybridized carbons (Fsp3) is 0.360. The van der Waals surface area contributed by atoms with Gasteiger partial charge in [0.15, 0.2) is 0 Å². The highest BCUT2D eigenvalue weighted by Crippen LogP contribution is 2.40. The van der Waals surface area contributed by atoms with Gasteiger partial charge in [0.1, 0.15) is 11.6 Å². The zero-order valence-corrected chi connectivity index (χ0v) is 19.6. The average Bonchev–Trinajstić information content (AvgIpc) is 3.29. The number of carboxylic acids is 1. The largest absolute Gasteiger partial charge is 0.493 e. The zero-order chi connectivity index (χ0) is 22.1. The summed E-state index contributed by atoms with van der Waals surface area (Å²) in [6.45, 7) is 4.40. The topological polar surface area (TPSA) is 64.4 Å². The predicted octanol–water partition coefficient (Wildman–Crippen LogP) is 5.53. The lowest BCUT2D eigenvalue weighted by atomic mass is 9.89. The van der Waals surface area contributed by atoms with Crippen molar-refractivity contribution in [2.24, 2.45) is 13.0 Å². The molecule has 1 aliphatic carbocycles. The number of ether oxygens (including phenoxy) is 1. The number of aromatic nitrogens is 2. The molecule has 1 aliphatic rings. The molecule has 162 valence electrons. The number of aliphatic carboxylic acids is 1. The van der Waals surface area contributed by atoms with Gasteiger partial charge in [-0.2, -0.15) is 0 Å². The van der Waals surface area contributed by atoms with Crippen LogP contribution in [0.1, 0.15) is 41.8 Å². The first-order chi connectivity index (χ1) is 14.8. The van der Waals surface area contributed by atoms with Gasteiger partial charge in [0.05, 0.1) is 18.2 Å². The molecule has 31 heavy (non-hydrogen) atoms. The molecule has 2 aromatic carbocycles. The van der Waals surface area contributed by atoms with Crippen molar-refractivity contribution in [3.8, 4) is 17.1 Å². The Labute approximate surface area is 191 Å². The van der Waals surface area contributed by atoms with Gasteiger partial charge in [-0.15, -0.1) is 0 Å². The molecular formula is C25H27BrN2O3. The monoisotopic (exact) mass is 482 g/mol. The third kappa shape index (κ3) is 4.40. The molecule has 0 amide bonds. The molecule has 0 saturated heterocycles. The van der Waals surface area contributed by atoms with E-state index in [1.807, 2.05) is 38.2 Å². The zero-order valence-electron chi connectivity index (χ0n) is 18.1. The minimum Gasteiger partial charge on any atom is -0.493 e. The number of hydrogen-bond acceptors (Lipinski definition) is 3. The van der Waals surface area contributed by atoms with E-state index in [2.05, 4.69) is 38.7 Å². The molecule has 1 heterocycles. The van der Waals surface area contributed by atoms with Crippen molar-refractivity contribution in [1.82, 2.24) is 9.55 Å². The van der Waals surface area contributed by atoms with Crippen LogP contribution in [0.25, 0.3) is 11.4 Å². The lowest BCUT2D eigenvalue weighted by molar-refractivity contribution is -0.141. The molecule has 2 atom stereocenters. The maximum absolute atomic E-state index is 11.4. The summed E-state index contributed by atoms with van der Waals surface area (Å²) in [7, 11) is 2.05. The number of nitrogens with zero attached hydrogens (tertiary/aromatic N) is 2. The van der Waals surface area contributed by atoms with E-state index in [4.69, 9.17) is 9.72 Å². The van der Waals surface area contributed by atoms with Gasteiger partial charge in [-0.1, -0.05) is 41.1 Å². The van der Waals surface area contributed by atoms with Gasteiger partial charge >= 0.3 is 5.97 Å². The van der Waals surface area contributed by atoms with Crippen molar-refractivity contribution >= 4 is 21.9 Å². The highest BCUT2D eigenvalue weighted by molar-refractivity contribution is 9.10. The van der Waals surface area contributed by atoms with Crippen molar-refractivity contribution in [1.29, 1.82) is 0 Å². The Kier molecular flexibility index (Phi) is 6.19. The summed E-state index contributed by atoms with van der Waals surface area (Å²) in [5.74, 6) is 0.801. The number of aryl methyl sites for hydroxylation is 2.